The second-order valence-corrected chi connectivity index (χ2v) is 7.49. The lowest BCUT2D eigenvalue weighted by atomic mass is 9.85. The van der Waals surface area contributed by atoms with Crippen LogP contribution >= 0.6 is 11.6 Å². The average Bonchev–Trinajstić information content (AvgIpc) is 2.56. The van der Waals surface area contributed by atoms with E-state index < -0.39 is 0 Å². The van der Waals surface area contributed by atoms with Crippen LogP contribution in [0.2, 0.25) is 5.02 Å². The number of hydrogen-bond donors (Lipinski definition) is 3. The number of nitrogens with one attached hydrogen (secondary N) is 2. The highest BCUT2D eigenvalue weighted by molar-refractivity contribution is 6.30. The Hall–Kier alpha value is -0.810. The van der Waals surface area contributed by atoms with E-state index in [4.69, 9.17) is 11.6 Å². The SMILES string of the molecule is C[NH+]1CCC(C[NH3+])([NH+]2CCN(c3cccc(Cl)c3)CC2)CC1. The molecule has 122 valence electrons. The van der Waals surface area contributed by atoms with E-state index in [1.807, 2.05) is 12.1 Å². The fourth-order valence-electron chi connectivity index (χ4n) is 4.17. The summed E-state index contributed by atoms with van der Waals surface area (Å²) >= 11 is 6.13. The molecule has 0 aliphatic carbocycles. The molecule has 2 heterocycles. The molecule has 1 aromatic carbocycles. The van der Waals surface area contributed by atoms with Crippen LogP contribution in [0, 0.1) is 0 Å². The van der Waals surface area contributed by atoms with E-state index in [0.29, 0.717) is 5.54 Å². The third-order valence-corrected chi connectivity index (χ3v) is 6.06. The predicted molar refractivity (Wildman–Crippen MR) is 90.7 cm³/mol. The third-order valence-electron chi connectivity index (χ3n) is 5.83. The summed E-state index contributed by atoms with van der Waals surface area (Å²) in [6.07, 6.45) is 2.66. The number of likely N-dealkylation sites (tertiary alicyclic amines) is 1. The number of benzene rings is 1. The molecule has 2 saturated heterocycles. The summed E-state index contributed by atoms with van der Waals surface area (Å²) in [5.74, 6) is 0. The summed E-state index contributed by atoms with van der Waals surface area (Å²) in [7, 11) is 2.32. The number of piperazine rings is 1. The molecular formula is C17H30ClN4+3. The van der Waals surface area contributed by atoms with Gasteiger partial charge >= 0.3 is 0 Å². The fraction of sp³-hybridized carbons (Fsp3) is 0.647. The van der Waals surface area contributed by atoms with E-state index in [0.717, 1.165) is 24.7 Å². The number of quaternary nitrogens is 3. The number of anilines is 1. The van der Waals surface area contributed by atoms with Crippen molar-refractivity contribution in [1.29, 1.82) is 0 Å². The molecule has 0 atom stereocenters. The van der Waals surface area contributed by atoms with Crippen molar-refractivity contribution in [3.63, 3.8) is 0 Å². The van der Waals surface area contributed by atoms with E-state index in [1.165, 1.54) is 44.7 Å². The summed E-state index contributed by atoms with van der Waals surface area (Å²) in [6.45, 7) is 8.38. The summed E-state index contributed by atoms with van der Waals surface area (Å²) < 4.78 is 0. The van der Waals surface area contributed by atoms with Crippen molar-refractivity contribution in [2.45, 2.75) is 18.4 Å². The van der Waals surface area contributed by atoms with Gasteiger partial charge in [-0.25, -0.2) is 0 Å². The number of hydrogen-bond acceptors (Lipinski definition) is 1. The van der Waals surface area contributed by atoms with Gasteiger partial charge in [0.1, 0.15) is 6.54 Å². The molecule has 0 spiro atoms. The summed E-state index contributed by atoms with van der Waals surface area (Å²) in [6, 6.07) is 8.26. The van der Waals surface area contributed by atoms with Crippen molar-refractivity contribution < 1.29 is 15.5 Å². The lowest BCUT2D eigenvalue weighted by Crippen LogP contribution is -3.26. The highest BCUT2D eigenvalue weighted by Crippen LogP contribution is 2.20. The van der Waals surface area contributed by atoms with Gasteiger partial charge in [0.2, 0.25) is 0 Å². The van der Waals surface area contributed by atoms with Crippen LogP contribution < -0.4 is 20.4 Å². The molecule has 0 amide bonds. The van der Waals surface area contributed by atoms with Crippen molar-refractivity contribution in [1.82, 2.24) is 0 Å². The molecule has 0 saturated carbocycles. The molecule has 1 aromatic rings. The van der Waals surface area contributed by atoms with Gasteiger partial charge in [-0.2, -0.15) is 0 Å². The van der Waals surface area contributed by atoms with Gasteiger partial charge in [0.15, 0.2) is 5.54 Å². The van der Waals surface area contributed by atoms with Crippen molar-refractivity contribution in [2.75, 3.05) is 57.8 Å². The lowest BCUT2D eigenvalue weighted by Gasteiger charge is -2.45. The van der Waals surface area contributed by atoms with Crippen LogP contribution in [-0.4, -0.2) is 58.4 Å². The molecule has 2 fully saturated rings. The number of rotatable bonds is 3. The Bertz CT molecular complexity index is 491. The Morgan fingerprint density at radius 3 is 2.45 bits per heavy atom. The minimum Gasteiger partial charge on any atom is -0.360 e. The van der Waals surface area contributed by atoms with Crippen LogP contribution in [0.25, 0.3) is 0 Å². The zero-order chi connectivity index (χ0) is 15.6. The monoisotopic (exact) mass is 325 g/mol. The van der Waals surface area contributed by atoms with Crippen molar-refractivity contribution in [3.05, 3.63) is 29.3 Å². The zero-order valence-electron chi connectivity index (χ0n) is 13.7. The predicted octanol–water partition coefficient (Wildman–Crippen LogP) is -1.67. The highest BCUT2D eigenvalue weighted by Gasteiger charge is 2.46. The number of piperidine rings is 1. The fourth-order valence-corrected chi connectivity index (χ4v) is 4.36. The molecule has 22 heavy (non-hydrogen) atoms. The first kappa shape index (κ1) is 16.1. The third kappa shape index (κ3) is 3.25. The molecule has 0 radical (unpaired) electrons. The van der Waals surface area contributed by atoms with Gasteiger partial charge in [-0.1, -0.05) is 17.7 Å². The molecule has 4 nitrogen and oxygen atoms in total. The largest absolute Gasteiger partial charge is 0.360 e. The Balaban J connectivity index is 1.63. The van der Waals surface area contributed by atoms with Gasteiger partial charge in [0.05, 0.1) is 59.2 Å². The highest BCUT2D eigenvalue weighted by atomic mass is 35.5. The first-order valence-corrected chi connectivity index (χ1v) is 8.97. The molecule has 2 aliphatic rings. The summed E-state index contributed by atoms with van der Waals surface area (Å²) in [5.41, 5.74) is 6.01. The van der Waals surface area contributed by atoms with Gasteiger partial charge in [-0.05, 0) is 18.2 Å². The smallest absolute Gasteiger partial charge is 0.158 e. The van der Waals surface area contributed by atoms with E-state index in [-0.39, 0.29) is 0 Å². The van der Waals surface area contributed by atoms with Gasteiger partial charge < -0.3 is 20.4 Å². The average molecular weight is 326 g/mol. The van der Waals surface area contributed by atoms with Crippen molar-refractivity contribution >= 4 is 17.3 Å². The van der Waals surface area contributed by atoms with Crippen LogP contribution in [0.3, 0.4) is 0 Å². The van der Waals surface area contributed by atoms with Gasteiger partial charge in [0, 0.05) is 10.7 Å². The van der Waals surface area contributed by atoms with Crippen molar-refractivity contribution in [3.8, 4) is 0 Å². The van der Waals surface area contributed by atoms with Crippen LogP contribution in [-0.2, 0) is 0 Å². The zero-order valence-corrected chi connectivity index (χ0v) is 14.5. The van der Waals surface area contributed by atoms with Crippen LogP contribution in [0.4, 0.5) is 5.69 Å². The molecule has 5 heteroatoms. The molecule has 5 N–H and O–H groups in total. The minimum absolute atomic E-state index is 0.430. The second kappa shape index (κ2) is 6.75. The normalized spacial score (nSPS) is 30.5. The van der Waals surface area contributed by atoms with E-state index >= 15 is 0 Å². The first-order valence-electron chi connectivity index (χ1n) is 8.59. The maximum absolute atomic E-state index is 6.13. The molecule has 0 aromatic heterocycles. The second-order valence-electron chi connectivity index (χ2n) is 7.06. The number of halogens is 1. The maximum atomic E-state index is 6.13. The minimum atomic E-state index is 0.430. The Morgan fingerprint density at radius 1 is 1.18 bits per heavy atom. The van der Waals surface area contributed by atoms with E-state index in [9.17, 15) is 0 Å². The quantitative estimate of drug-likeness (QED) is 0.611. The standard InChI is InChI=1S/C17H27ClN4/c1-20-7-5-17(14-19,6-8-20)22-11-9-21(10-12-22)16-4-2-3-15(18)13-16/h2-4,13H,5-12,14,19H2,1H3/p+3. The Labute approximate surface area is 138 Å². The van der Waals surface area contributed by atoms with Crippen LogP contribution in [0.1, 0.15) is 12.8 Å². The van der Waals surface area contributed by atoms with E-state index in [1.54, 1.807) is 9.80 Å². The number of nitrogens with zero attached hydrogens (tertiary/aromatic N) is 1. The van der Waals surface area contributed by atoms with Crippen LogP contribution in [0.5, 0.6) is 0 Å². The van der Waals surface area contributed by atoms with Crippen LogP contribution in [0.15, 0.2) is 24.3 Å². The van der Waals surface area contributed by atoms with Crippen molar-refractivity contribution in [2.24, 2.45) is 0 Å². The first-order chi connectivity index (χ1) is 10.6. The topological polar surface area (TPSA) is 39.8 Å². The van der Waals surface area contributed by atoms with Gasteiger partial charge in [0.25, 0.3) is 0 Å². The lowest BCUT2D eigenvalue weighted by molar-refractivity contribution is -0.981. The molecular weight excluding hydrogens is 296 g/mol. The molecule has 0 bridgehead atoms. The molecule has 0 unspecified atom stereocenters. The van der Waals surface area contributed by atoms with Gasteiger partial charge in [-0.3, -0.25) is 0 Å². The summed E-state index contributed by atoms with van der Waals surface area (Å²) in [4.78, 5) is 5.95. The van der Waals surface area contributed by atoms with E-state index in [2.05, 4.69) is 29.8 Å². The maximum Gasteiger partial charge on any atom is 0.158 e. The Morgan fingerprint density at radius 2 is 1.86 bits per heavy atom. The van der Waals surface area contributed by atoms with Gasteiger partial charge in [-0.15, -0.1) is 0 Å². The molecule has 2 aliphatic heterocycles. The summed E-state index contributed by atoms with van der Waals surface area (Å²) in [5, 5.41) is 0.833. The molecule has 3 rings (SSSR count). The Kier molecular flexibility index (Phi) is 4.93.